The summed E-state index contributed by atoms with van der Waals surface area (Å²) < 4.78 is 54.9. The molecule has 0 N–H and O–H groups in total. The Bertz CT molecular complexity index is 937. The van der Waals surface area contributed by atoms with Gasteiger partial charge in [0.2, 0.25) is 0 Å². The van der Waals surface area contributed by atoms with Gasteiger partial charge in [0, 0.05) is 17.4 Å². The Kier molecular flexibility index (Phi) is 10.5. The van der Waals surface area contributed by atoms with E-state index in [1.807, 2.05) is 0 Å². The van der Waals surface area contributed by atoms with Gasteiger partial charge in [-0.2, -0.15) is 13.2 Å². The van der Waals surface area contributed by atoms with Crippen LogP contribution in [0.4, 0.5) is 13.2 Å². The number of benzene rings is 1. The van der Waals surface area contributed by atoms with E-state index < -0.39 is 12.6 Å². The van der Waals surface area contributed by atoms with Gasteiger partial charge < -0.3 is 13.9 Å². The third kappa shape index (κ3) is 8.45. The molecule has 0 aliphatic rings. The zero-order chi connectivity index (χ0) is 23.6. The van der Waals surface area contributed by atoms with Gasteiger partial charge in [0.25, 0.3) is 0 Å². The third-order valence-electron chi connectivity index (χ3n) is 5.25. The molecule has 0 spiro atoms. The number of aryl methyl sites for hydroxylation is 1. The minimum atomic E-state index is -4.35. The summed E-state index contributed by atoms with van der Waals surface area (Å²) in [7, 11) is 0. The Morgan fingerprint density at radius 1 is 1.03 bits per heavy atom. The molecule has 1 heterocycles. The van der Waals surface area contributed by atoms with E-state index in [-0.39, 0.29) is 16.2 Å². The average molecular weight is 473 g/mol. The number of ether oxygens (including phenoxy) is 2. The largest absolute Gasteiger partial charge is 0.490 e. The molecule has 0 radical (unpaired) electrons. The molecule has 0 atom stereocenters. The van der Waals surface area contributed by atoms with Crippen molar-refractivity contribution >= 4 is 29.2 Å². The first kappa shape index (κ1) is 26.2. The van der Waals surface area contributed by atoms with Crippen LogP contribution in [-0.2, 0) is 16.0 Å². The summed E-state index contributed by atoms with van der Waals surface area (Å²) in [5.41, 5.74) is 0.869. The summed E-state index contributed by atoms with van der Waals surface area (Å²) in [5.74, 6) is 0.349. The van der Waals surface area contributed by atoms with Crippen LogP contribution in [-0.4, -0.2) is 25.4 Å². The molecule has 0 aliphatic carbocycles. The maximum absolute atomic E-state index is 12.9. The number of fused-ring (bicyclic) bond motifs is 1. The Labute approximate surface area is 192 Å². The van der Waals surface area contributed by atoms with Crippen molar-refractivity contribution < 1.29 is 31.9 Å². The maximum atomic E-state index is 12.9. The van der Waals surface area contributed by atoms with E-state index in [4.69, 9.17) is 26.1 Å². The smallest absolute Gasteiger partial charge is 0.393 e. The molecular formula is C24H31F3O4S. The van der Waals surface area contributed by atoms with Gasteiger partial charge in [-0.25, -0.2) is 0 Å². The number of alkyl halides is 3. The van der Waals surface area contributed by atoms with Crippen molar-refractivity contribution in [2.24, 2.45) is 0 Å². The van der Waals surface area contributed by atoms with Gasteiger partial charge in [0.15, 0.2) is 16.0 Å². The molecule has 0 bridgehead atoms. The second kappa shape index (κ2) is 12.8. The minimum Gasteiger partial charge on any atom is -0.490 e. The van der Waals surface area contributed by atoms with Crippen molar-refractivity contribution in [1.82, 2.24) is 0 Å². The summed E-state index contributed by atoms with van der Waals surface area (Å²) in [4.78, 5) is 11.0. The fraction of sp³-hybridized carbons (Fsp3) is 0.583. The summed E-state index contributed by atoms with van der Waals surface area (Å²) in [6.45, 7) is 4.41. The molecule has 0 unspecified atom stereocenters. The fourth-order valence-corrected chi connectivity index (χ4v) is 3.77. The van der Waals surface area contributed by atoms with Gasteiger partial charge in [-0.1, -0.05) is 51.2 Å². The highest BCUT2D eigenvalue weighted by atomic mass is 32.1. The van der Waals surface area contributed by atoms with Crippen LogP contribution in [0.3, 0.4) is 0 Å². The second-order valence-corrected chi connectivity index (χ2v) is 8.19. The van der Waals surface area contributed by atoms with Crippen LogP contribution in [0.15, 0.2) is 22.6 Å². The number of carbonyl (C=O) groups excluding carboxylic acids is 1. The van der Waals surface area contributed by atoms with E-state index in [1.165, 1.54) is 0 Å². The zero-order valence-electron chi connectivity index (χ0n) is 18.7. The Balaban J connectivity index is 1.77. The van der Waals surface area contributed by atoms with E-state index in [2.05, 4.69) is 0 Å². The Morgan fingerprint density at radius 3 is 2.28 bits per heavy atom. The Hall–Kier alpha value is -2.09. The molecule has 1 aromatic heterocycles. The standard InChI is InChI=1S/C24H31F3O4S/c1-3-21(28)30-15-10-8-6-4-5-7-9-14-29-20-13-11-12-18-17(2)19(16-24(25,26)27)23(32)31-22(18)20/h11-13H,3-10,14-16H2,1-2H3. The quantitative estimate of drug-likeness (QED) is 0.170. The molecule has 0 amide bonds. The molecule has 2 rings (SSSR count). The van der Waals surface area contributed by atoms with Crippen LogP contribution in [0.1, 0.15) is 69.4 Å². The van der Waals surface area contributed by atoms with Crippen LogP contribution in [0.2, 0.25) is 0 Å². The molecule has 0 saturated carbocycles. The molecule has 0 saturated heterocycles. The lowest BCUT2D eigenvalue weighted by atomic mass is 10.0. The van der Waals surface area contributed by atoms with Crippen molar-refractivity contribution in [1.29, 1.82) is 0 Å². The monoisotopic (exact) mass is 472 g/mol. The lowest BCUT2D eigenvalue weighted by Crippen LogP contribution is -2.13. The van der Waals surface area contributed by atoms with E-state index in [0.29, 0.717) is 41.9 Å². The van der Waals surface area contributed by atoms with Crippen LogP contribution in [0, 0.1) is 11.6 Å². The van der Waals surface area contributed by atoms with Gasteiger partial charge in [-0.05, 0) is 43.6 Å². The first-order valence-corrected chi connectivity index (χ1v) is 11.5. The number of esters is 1. The average Bonchev–Trinajstić information content (AvgIpc) is 2.74. The molecule has 8 heteroatoms. The molecule has 4 nitrogen and oxygen atoms in total. The predicted molar refractivity (Wildman–Crippen MR) is 121 cm³/mol. The highest BCUT2D eigenvalue weighted by Crippen LogP contribution is 2.33. The van der Waals surface area contributed by atoms with Crippen molar-refractivity contribution in [2.45, 2.75) is 77.8 Å². The molecular weight excluding hydrogens is 441 g/mol. The zero-order valence-corrected chi connectivity index (χ0v) is 19.5. The SMILES string of the molecule is CCC(=O)OCCCCCCCCCOc1cccc2c(C)c(CC(F)(F)F)c(=S)oc12. The van der Waals surface area contributed by atoms with Gasteiger partial charge in [0.1, 0.15) is 0 Å². The van der Waals surface area contributed by atoms with Gasteiger partial charge in [-0.3, -0.25) is 4.79 Å². The molecule has 0 fully saturated rings. The summed E-state index contributed by atoms with van der Waals surface area (Å²) in [6.07, 6.45) is 2.11. The maximum Gasteiger partial charge on any atom is 0.393 e. The Morgan fingerprint density at radius 2 is 1.66 bits per heavy atom. The first-order chi connectivity index (χ1) is 15.2. The highest BCUT2D eigenvalue weighted by molar-refractivity contribution is 7.71. The number of rotatable bonds is 13. The van der Waals surface area contributed by atoms with Crippen LogP contribution < -0.4 is 4.74 Å². The molecule has 1 aromatic carbocycles. The minimum absolute atomic E-state index is 0.000625. The van der Waals surface area contributed by atoms with Crippen LogP contribution in [0.25, 0.3) is 11.0 Å². The van der Waals surface area contributed by atoms with Crippen LogP contribution >= 0.6 is 12.2 Å². The normalized spacial score (nSPS) is 11.7. The van der Waals surface area contributed by atoms with Gasteiger partial charge >= 0.3 is 12.1 Å². The molecule has 0 aliphatic heterocycles. The van der Waals surface area contributed by atoms with Gasteiger partial charge in [-0.15, -0.1) is 0 Å². The molecule has 178 valence electrons. The molecule has 32 heavy (non-hydrogen) atoms. The predicted octanol–water partition coefficient (Wildman–Crippen LogP) is 7.64. The van der Waals surface area contributed by atoms with E-state index >= 15 is 0 Å². The number of unbranched alkanes of at least 4 members (excludes halogenated alkanes) is 6. The third-order valence-corrected chi connectivity index (χ3v) is 5.58. The number of para-hydroxylation sites is 1. The summed E-state index contributed by atoms with van der Waals surface area (Å²) in [5, 5.41) is 0.583. The van der Waals surface area contributed by atoms with Crippen LogP contribution in [0.5, 0.6) is 5.75 Å². The lowest BCUT2D eigenvalue weighted by molar-refractivity contribution is -0.143. The number of carbonyl (C=O) groups is 1. The number of halogens is 3. The summed E-state index contributed by atoms with van der Waals surface area (Å²) in [6, 6.07) is 5.21. The lowest BCUT2D eigenvalue weighted by Gasteiger charge is -2.13. The highest BCUT2D eigenvalue weighted by Gasteiger charge is 2.30. The topological polar surface area (TPSA) is 48.7 Å². The number of hydrogen-bond acceptors (Lipinski definition) is 5. The van der Waals surface area contributed by atoms with Crippen molar-refractivity contribution in [2.75, 3.05) is 13.2 Å². The second-order valence-electron chi connectivity index (χ2n) is 7.82. The number of hydrogen-bond donors (Lipinski definition) is 0. The van der Waals surface area contributed by atoms with Gasteiger partial charge in [0.05, 0.1) is 19.6 Å². The van der Waals surface area contributed by atoms with Crippen molar-refractivity contribution in [3.63, 3.8) is 0 Å². The van der Waals surface area contributed by atoms with E-state index in [1.54, 1.807) is 32.0 Å². The summed E-state index contributed by atoms with van der Waals surface area (Å²) >= 11 is 5.09. The fourth-order valence-electron chi connectivity index (χ4n) is 3.46. The van der Waals surface area contributed by atoms with Crippen molar-refractivity contribution in [3.8, 4) is 5.75 Å². The molecule has 2 aromatic rings. The van der Waals surface area contributed by atoms with E-state index in [0.717, 1.165) is 44.9 Å². The first-order valence-electron chi connectivity index (χ1n) is 11.1. The van der Waals surface area contributed by atoms with E-state index in [9.17, 15) is 18.0 Å². The van der Waals surface area contributed by atoms with Crippen molar-refractivity contribution in [3.05, 3.63) is 34.0 Å².